The average Bonchev–Trinajstić information content (AvgIpc) is 2.33. The van der Waals surface area contributed by atoms with Crippen LogP contribution in [-0.4, -0.2) is 8.42 Å². The first-order valence-corrected chi connectivity index (χ1v) is 7.47. The second kappa shape index (κ2) is 5.20. The lowest BCUT2D eigenvalue weighted by atomic mass is 10.2. The largest absolute Gasteiger partial charge is 0.399 e. The molecule has 2 N–H and O–H groups in total. The fourth-order valence-corrected chi connectivity index (χ4v) is 3.57. The minimum Gasteiger partial charge on any atom is -0.399 e. The smallest absolute Gasteiger partial charge is 0.182 e. The van der Waals surface area contributed by atoms with Crippen molar-refractivity contribution in [1.82, 2.24) is 0 Å². The molecule has 6 heteroatoms. The Morgan fingerprint density at radius 2 is 1.80 bits per heavy atom. The molecule has 2 aromatic rings. The van der Waals surface area contributed by atoms with Crippen molar-refractivity contribution in [3.8, 4) is 0 Å². The molecule has 0 aromatic heterocycles. The number of sulfone groups is 1. The van der Waals surface area contributed by atoms with Gasteiger partial charge in [-0.1, -0.05) is 0 Å². The Labute approximate surface area is 116 Å². The summed E-state index contributed by atoms with van der Waals surface area (Å²) in [5.74, 6) is -2.02. The van der Waals surface area contributed by atoms with Crippen molar-refractivity contribution in [3.05, 3.63) is 59.2 Å². The van der Waals surface area contributed by atoms with E-state index in [1.54, 1.807) is 6.92 Å². The molecule has 0 heterocycles. The van der Waals surface area contributed by atoms with Crippen molar-refractivity contribution in [3.63, 3.8) is 0 Å². The van der Waals surface area contributed by atoms with Gasteiger partial charge >= 0.3 is 0 Å². The normalized spacial score (nSPS) is 11.6. The van der Waals surface area contributed by atoms with Crippen LogP contribution in [-0.2, 0) is 15.6 Å². The number of halogens is 2. The van der Waals surface area contributed by atoms with Crippen LogP contribution in [0.1, 0.15) is 11.1 Å². The monoisotopic (exact) mass is 297 g/mol. The molecule has 0 amide bonds. The number of rotatable bonds is 3. The highest BCUT2D eigenvalue weighted by molar-refractivity contribution is 7.90. The van der Waals surface area contributed by atoms with Crippen LogP contribution >= 0.6 is 0 Å². The van der Waals surface area contributed by atoms with Crippen LogP contribution in [0.5, 0.6) is 0 Å². The first-order chi connectivity index (χ1) is 9.29. The average molecular weight is 297 g/mol. The highest BCUT2D eigenvalue weighted by Crippen LogP contribution is 2.23. The molecule has 0 unspecified atom stereocenters. The minimum atomic E-state index is -3.76. The van der Waals surface area contributed by atoms with Gasteiger partial charge in [-0.05, 0) is 48.9 Å². The summed E-state index contributed by atoms with van der Waals surface area (Å²) in [7, 11) is -3.76. The zero-order valence-corrected chi connectivity index (χ0v) is 11.5. The fourth-order valence-electron chi connectivity index (χ4n) is 1.96. The van der Waals surface area contributed by atoms with Crippen molar-refractivity contribution in [2.45, 2.75) is 17.6 Å². The lowest BCUT2D eigenvalue weighted by molar-refractivity contribution is 0.578. The number of aryl methyl sites for hydroxylation is 1. The van der Waals surface area contributed by atoms with Crippen LogP contribution in [0.3, 0.4) is 0 Å². The molecule has 0 aliphatic rings. The van der Waals surface area contributed by atoms with Gasteiger partial charge in [-0.3, -0.25) is 0 Å². The maximum atomic E-state index is 13.5. The van der Waals surface area contributed by atoms with Gasteiger partial charge in [-0.2, -0.15) is 0 Å². The van der Waals surface area contributed by atoms with Crippen LogP contribution < -0.4 is 5.73 Å². The highest BCUT2D eigenvalue weighted by atomic mass is 32.2. The third kappa shape index (κ3) is 2.96. The van der Waals surface area contributed by atoms with E-state index in [1.807, 2.05) is 0 Å². The van der Waals surface area contributed by atoms with Gasteiger partial charge in [0.15, 0.2) is 9.84 Å². The molecular weight excluding hydrogens is 284 g/mol. The summed E-state index contributed by atoms with van der Waals surface area (Å²) in [5, 5.41) is 0. The molecule has 0 saturated heterocycles. The molecule has 0 radical (unpaired) electrons. The summed E-state index contributed by atoms with van der Waals surface area (Å²) in [4.78, 5) is 0.0651. The van der Waals surface area contributed by atoms with Gasteiger partial charge < -0.3 is 5.73 Å². The van der Waals surface area contributed by atoms with Crippen LogP contribution in [0.2, 0.25) is 0 Å². The zero-order chi connectivity index (χ0) is 14.9. The molecule has 3 nitrogen and oxygen atoms in total. The zero-order valence-electron chi connectivity index (χ0n) is 10.7. The van der Waals surface area contributed by atoms with E-state index in [-0.39, 0.29) is 10.5 Å². The van der Waals surface area contributed by atoms with E-state index >= 15 is 0 Å². The number of nitrogens with two attached hydrogens (primary N) is 1. The molecular formula is C14H13F2NO2S. The molecule has 0 aliphatic heterocycles. The van der Waals surface area contributed by atoms with Crippen molar-refractivity contribution < 1.29 is 17.2 Å². The molecule has 106 valence electrons. The van der Waals surface area contributed by atoms with Crippen LogP contribution in [0.4, 0.5) is 14.5 Å². The van der Waals surface area contributed by atoms with Crippen LogP contribution in [0.25, 0.3) is 0 Å². The number of hydrogen-bond donors (Lipinski definition) is 1. The summed E-state index contributed by atoms with van der Waals surface area (Å²) in [6.45, 7) is 1.60. The Balaban J connectivity index is 2.43. The van der Waals surface area contributed by atoms with Gasteiger partial charge in [0.2, 0.25) is 0 Å². The molecule has 0 saturated carbocycles. The Morgan fingerprint density at radius 1 is 1.10 bits per heavy atom. The van der Waals surface area contributed by atoms with Crippen LogP contribution in [0, 0.1) is 18.6 Å². The summed E-state index contributed by atoms with van der Waals surface area (Å²) in [5.41, 5.74) is 6.29. The Morgan fingerprint density at radius 3 is 2.45 bits per heavy atom. The molecule has 0 fully saturated rings. The molecule has 2 rings (SSSR count). The second-order valence-corrected chi connectivity index (χ2v) is 6.48. The van der Waals surface area contributed by atoms with Crippen molar-refractivity contribution >= 4 is 15.5 Å². The van der Waals surface area contributed by atoms with E-state index in [2.05, 4.69) is 0 Å². The molecule has 0 bridgehead atoms. The SMILES string of the molecule is Cc1cc(N)ccc1S(=O)(=O)Cc1cc(F)ccc1F. The standard InChI is InChI=1S/C14H13F2NO2S/c1-9-6-12(17)3-5-14(9)20(18,19)8-10-7-11(15)2-4-13(10)16/h2-7H,8,17H2,1H3. The quantitative estimate of drug-likeness (QED) is 0.886. The number of hydrogen-bond acceptors (Lipinski definition) is 3. The maximum absolute atomic E-state index is 13.5. The Hall–Kier alpha value is -1.95. The topological polar surface area (TPSA) is 60.2 Å². The number of anilines is 1. The molecule has 0 atom stereocenters. The van der Waals surface area contributed by atoms with Gasteiger partial charge in [0.25, 0.3) is 0 Å². The summed E-state index contributed by atoms with van der Waals surface area (Å²) in [6, 6.07) is 7.10. The summed E-state index contributed by atoms with van der Waals surface area (Å²) < 4.78 is 51.1. The maximum Gasteiger partial charge on any atom is 0.182 e. The Kier molecular flexibility index (Phi) is 3.76. The fraction of sp³-hybridized carbons (Fsp3) is 0.143. The second-order valence-electron chi connectivity index (χ2n) is 4.52. The third-order valence-corrected chi connectivity index (χ3v) is 4.71. The van der Waals surface area contributed by atoms with E-state index in [1.165, 1.54) is 18.2 Å². The predicted octanol–water partition coefficient (Wildman–Crippen LogP) is 2.83. The Bertz CT molecular complexity index is 758. The molecule has 0 spiro atoms. The molecule has 0 aliphatic carbocycles. The van der Waals surface area contributed by atoms with Gasteiger partial charge in [0.05, 0.1) is 10.6 Å². The van der Waals surface area contributed by atoms with E-state index in [0.717, 1.165) is 18.2 Å². The number of nitrogen functional groups attached to an aromatic ring is 1. The van der Waals surface area contributed by atoms with Gasteiger partial charge in [0, 0.05) is 11.3 Å². The van der Waals surface area contributed by atoms with Crippen LogP contribution in [0.15, 0.2) is 41.3 Å². The lowest BCUT2D eigenvalue weighted by Gasteiger charge is -2.09. The third-order valence-electron chi connectivity index (χ3n) is 2.89. The summed E-state index contributed by atoms with van der Waals surface area (Å²) in [6.07, 6.45) is 0. The van der Waals surface area contributed by atoms with E-state index in [4.69, 9.17) is 5.73 Å². The predicted molar refractivity (Wildman–Crippen MR) is 72.8 cm³/mol. The van der Waals surface area contributed by atoms with E-state index < -0.39 is 27.2 Å². The highest BCUT2D eigenvalue weighted by Gasteiger charge is 2.20. The van der Waals surface area contributed by atoms with Gasteiger partial charge in [-0.25, -0.2) is 17.2 Å². The van der Waals surface area contributed by atoms with Gasteiger partial charge in [0.1, 0.15) is 11.6 Å². The number of benzene rings is 2. The van der Waals surface area contributed by atoms with E-state index in [0.29, 0.717) is 11.3 Å². The minimum absolute atomic E-state index is 0.0651. The van der Waals surface area contributed by atoms with Crippen molar-refractivity contribution in [1.29, 1.82) is 0 Å². The van der Waals surface area contributed by atoms with Crippen molar-refractivity contribution in [2.24, 2.45) is 0 Å². The van der Waals surface area contributed by atoms with E-state index in [9.17, 15) is 17.2 Å². The summed E-state index contributed by atoms with van der Waals surface area (Å²) >= 11 is 0. The van der Waals surface area contributed by atoms with Gasteiger partial charge in [-0.15, -0.1) is 0 Å². The first-order valence-electron chi connectivity index (χ1n) is 5.82. The molecule has 20 heavy (non-hydrogen) atoms. The first kappa shape index (κ1) is 14.5. The van der Waals surface area contributed by atoms with Crippen molar-refractivity contribution in [2.75, 3.05) is 5.73 Å². The lowest BCUT2D eigenvalue weighted by Crippen LogP contribution is -2.08. The molecule has 2 aromatic carbocycles.